The van der Waals surface area contributed by atoms with Gasteiger partial charge in [0.15, 0.2) is 0 Å². The van der Waals surface area contributed by atoms with Crippen LogP contribution in [0, 0.1) is 6.92 Å². The van der Waals surface area contributed by atoms with Crippen LogP contribution in [0.15, 0.2) is 72.8 Å². The van der Waals surface area contributed by atoms with Gasteiger partial charge in [0.05, 0.1) is 12.0 Å². The van der Waals surface area contributed by atoms with Crippen LogP contribution in [0.4, 0.5) is 11.4 Å². The lowest BCUT2D eigenvalue weighted by atomic mass is 9.64. The molecule has 3 aliphatic rings. The number of para-hydroxylation sites is 2. The summed E-state index contributed by atoms with van der Waals surface area (Å²) in [5.74, 6) is 0.819. The zero-order valence-corrected chi connectivity index (χ0v) is 18.6. The van der Waals surface area contributed by atoms with Crippen LogP contribution in [0.3, 0.4) is 0 Å². The molecule has 1 unspecified atom stereocenters. The number of hydrogen-bond acceptors (Lipinski definition) is 3. The first-order chi connectivity index (χ1) is 15.7. The molecule has 0 aromatic heterocycles. The summed E-state index contributed by atoms with van der Waals surface area (Å²) < 4.78 is 7.18. The van der Waals surface area contributed by atoms with E-state index in [-0.39, 0.29) is 12.0 Å². The first-order valence-electron chi connectivity index (χ1n) is 11.8. The van der Waals surface area contributed by atoms with Crippen molar-refractivity contribution in [2.45, 2.75) is 56.8 Å². The second kappa shape index (κ2) is 7.25. The quantitative estimate of drug-likeness (QED) is 0.501. The SMILES string of the molecule is Cc1cc2c(c(CO)c1)OC1(C=C2)N(c2ccccc2)c2ccccc2C12CCCCC2. The molecule has 0 amide bonds. The highest BCUT2D eigenvalue weighted by atomic mass is 16.5. The van der Waals surface area contributed by atoms with Crippen molar-refractivity contribution in [3.8, 4) is 5.75 Å². The molecular formula is C29H29NO2. The summed E-state index contributed by atoms with van der Waals surface area (Å²) in [7, 11) is 0. The van der Waals surface area contributed by atoms with E-state index >= 15 is 0 Å². The number of nitrogens with zero attached hydrogens (tertiary/aromatic N) is 1. The number of fused-ring (bicyclic) bond motifs is 4. The summed E-state index contributed by atoms with van der Waals surface area (Å²) in [6.45, 7) is 2.04. The molecule has 1 fully saturated rings. The Kier molecular flexibility index (Phi) is 4.44. The molecule has 3 aromatic carbocycles. The number of ether oxygens (including phenoxy) is 1. The monoisotopic (exact) mass is 423 g/mol. The molecule has 1 N–H and O–H groups in total. The third kappa shape index (κ3) is 2.58. The highest BCUT2D eigenvalue weighted by Crippen LogP contribution is 2.62. The van der Waals surface area contributed by atoms with Gasteiger partial charge in [-0.25, -0.2) is 0 Å². The molecule has 32 heavy (non-hydrogen) atoms. The Labute approximate surface area is 190 Å². The van der Waals surface area contributed by atoms with E-state index < -0.39 is 5.72 Å². The fourth-order valence-electron chi connectivity index (χ4n) is 6.36. The molecule has 2 aliphatic heterocycles. The van der Waals surface area contributed by atoms with Crippen molar-refractivity contribution in [1.29, 1.82) is 0 Å². The molecule has 3 aromatic rings. The number of aryl methyl sites for hydroxylation is 1. The fourth-order valence-corrected chi connectivity index (χ4v) is 6.36. The fraction of sp³-hybridized carbons (Fsp3) is 0.310. The van der Waals surface area contributed by atoms with E-state index in [4.69, 9.17) is 4.74 Å². The number of anilines is 2. The van der Waals surface area contributed by atoms with Crippen LogP contribution < -0.4 is 9.64 Å². The molecule has 3 nitrogen and oxygen atoms in total. The lowest BCUT2D eigenvalue weighted by molar-refractivity contribution is 0.0209. The minimum absolute atomic E-state index is 0.0286. The van der Waals surface area contributed by atoms with Gasteiger partial charge in [0.2, 0.25) is 5.72 Å². The first-order valence-corrected chi connectivity index (χ1v) is 11.8. The minimum Gasteiger partial charge on any atom is -0.462 e. The van der Waals surface area contributed by atoms with Gasteiger partial charge in [-0.05, 0) is 67.3 Å². The van der Waals surface area contributed by atoms with Gasteiger partial charge in [-0.2, -0.15) is 0 Å². The predicted molar refractivity (Wildman–Crippen MR) is 129 cm³/mol. The Hall–Kier alpha value is -3.04. The van der Waals surface area contributed by atoms with E-state index in [0.717, 1.165) is 41.0 Å². The summed E-state index contributed by atoms with van der Waals surface area (Å²) in [5.41, 5.74) is 6.00. The number of aliphatic hydroxyl groups is 1. The highest BCUT2D eigenvalue weighted by Gasteiger charge is 2.64. The summed E-state index contributed by atoms with van der Waals surface area (Å²) in [6.07, 6.45) is 10.4. The normalized spacial score (nSPS) is 22.6. The van der Waals surface area contributed by atoms with Gasteiger partial charge in [-0.15, -0.1) is 0 Å². The zero-order chi connectivity index (χ0) is 21.8. The Morgan fingerprint density at radius 3 is 2.47 bits per heavy atom. The molecule has 0 radical (unpaired) electrons. The molecule has 1 atom stereocenters. The largest absolute Gasteiger partial charge is 0.462 e. The zero-order valence-electron chi connectivity index (χ0n) is 18.6. The predicted octanol–water partition coefficient (Wildman–Crippen LogP) is 6.64. The van der Waals surface area contributed by atoms with Crippen molar-refractivity contribution >= 4 is 17.5 Å². The van der Waals surface area contributed by atoms with Gasteiger partial charge in [-0.1, -0.05) is 61.7 Å². The maximum atomic E-state index is 10.2. The van der Waals surface area contributed by atoms with Crippen LogP contribution >= 0.6 is 0 Å². The van der Waals surface area contributed by atoms with Crippen molar-refractivity contribution in [2.24, 2.45) is 0 Å². The molecule has 2 spiro atoms. The standard InChI is InChI=1S/C29H29NO2/c1-21-18-22-14-17-29(32-27(22)23(19-21)20-31)28(15-8-3-9-16-28)25-12-6-7-13-26(25)30(29)24-10-4-2-5-11-24/h2,4-7,10-14,17-19,31H,3,8-9,15-16,20H2,1H3. The highest BCUT2D eigenvalue weighted by molar-refractivity contribution is 5.80. The Morgan fingerprint density at radius 2 is 1.69 bits per heavy atom. The maximum Gasteiger partial charge on any atom is 0.216 e. The van der Waals surface area contributed by atoms with Crippen molar-refractivity contribution in [2.75, 3.05) is 4.90 Å². The van der Waals surface area contributed by atoms with Gasteiger partial charge < -0.3 is 9.84 Å². The number of hydrogen-bond donors (Lipinski definition) is 1. The van der Waals surface area contributed by atoms with Crippen LogP contribution in [0.1, 0.15) is 54.4 Å². The minimum atomic E-state index is -0.662. The van der Waals surface area contributed by atoms with Crippen molar-refractivity contribution in [1.82, 2.24) is 0 Å². The lowest BCUT2D eigenvalue weighted by Gasteiger charge is -2.51. The lowest BCUT2D eigenvalue weighted by Crippen LogP contribution is -2.60. The van der Waals surface area contributed by atoms with Crippen LogP contribution in [0.5, 0.6) is 5.75 Å². The number of rotatable bonds is 2. The second-order valence-corrected chi connectivity index (χ2v) is 9.46. The van der Waals surface area contributed by atoms with Gasteiger partial charge in [-0.3, -0.25) is 4.90 Å². The summed E-state index contributed by atoms with van der Waals surface area (Å²) >= 11 is 0. The maximum absolute atomic E-state index is 10.2. The molecule has 0 bridgehead atoms. The Morgan fingerprint density at radius 1 is 0.938 bits per heavy atom. The van der Waals surface area contributed by atoms with E-state index in [1.165, 1.54) is 30.5 Å². The third-order valence-corrected chi connectivity index (χ3v) is 7.66. The molecule has 2 heterocycles. The van der Waals surface area contributed by atoms with Gasteiger partial charge >= 0.3 is 0 Å². The van der Waals surface area contributed by atoms with Crippen LogP contribution in [-0.4, -0.2) is 10.8 Å². The van der Waals surface area contributed by atoms with E-state index in [9.17, 15) is 5.11 Å². The molecule has 162 valence electrons. The topological polar surface area (TPSA) is 32.7 Å². The average Bonchev–Trinajstić information content (AvgIpc) is 3.05. The molecule has 3 heteroatoms. The second-order valence-electron chi connectivity index (χ2n) is 9.46. The summed E-state index contributed by atoms with van der Waals surface area (Å²) in [4.78, 5) is 2.41. The van der Waals surface area contributed by atoms with Crippen molar-refractivity contribution in [3.63, 3.8) is 0 Å². The molecule has 1 saturated carbocycles. The smallest absolute Gasteiger partial charge is 0.216 e. The van der Waals surface area contributed by atoms with E-state index in [2.05, 4.69) is 84.6 Å². The molecular weight excluding hydrogens is 394 g/mol. The Bertz CT molecular complexity index is 1190. The Balaban J connectivity index is 1.64. The van der Waals surface area contributed by atoms with Crippen LogP contribution in [-0.2, 0) is 12.0 Å². The average molecular weight is 424 g/mol. The summed E-state index contributed by atoms with van der Waals surface area (Å²) in [5, 5.41) is 10.2. The van der Waals surface area contributed by atoms with Crippen molar-refractivity contribution in [3.05, 3.63) is 95.1 Å². The van der Waals surface area contributed by atoms with Crippen LogP contribution in [0.2, 0.25) is 0 Å². The van der Waals surface area contributed by atoms with E-state index in [1.54, 1.807) is 0 Å². The number of benzene rings is 3. The van der Waals surface area contributed by atoms with Gasteiger partial charge in [0, 0.05) is 22.5 Å². The third-order valence-electron chi connectivity index (χ3n) is 7.66. The number of aliphatic hydroxyl groups excluding tert-OH is 1. The molecule has 6 rings (SSSR count). The van der Waals surface area contributed by atoms with Crippen molar-refractivity contribution < 1.29 is 9.84 Å². The van der Waals surface area contributed by atoms with Gasteiger partial charge in [0.25, 0.3) is 0 Å². The first kappa shape index (κ1) is 19.6. The van der Waals surface area contributed by atoms with Gasteiger partial charge in [0.1, 0.15) is 5.75 Å². The molecule has 0 saturated heterocycles. The van der Waals surface area contributed by atoms with Crippen LogP contribution in [0.25, 0.3) is 6.08 Å². The molecule has 1 aliphatic carbocycles. The summed E-state index contributed by atoms with van der Waals surface area (Å²) in [6, 6.07) is 23.7. The van der Waals surface area contributed by atoms with E-state index in [0.29, 0.717) is 0 Å². The van der Waals surface area contributed by atoms with E-state index in [1.807, 2.05) is 6.07 Å².